The van der Waals surface area contributed by atoms with E-state index >= 15 is 0 Å². The van der Waals surface area contributed by atoms with Gasteiger partial charge < -0.3 is 10.0 Å². The van der Waals surface area contributed by atoms with Crippen LogP contribution in [0, 0.1) is 11.7 Å². The van der Waals surface area contributed by atoms with E-state index in [-0.39, 0.29) is 23.3 Å². The molecule has 0 aromatic heterocycles. The number of amides is 1. The van der Waals surface area contributed by atoms with Crippen LogP contribution in [0.3, 0.4) is 0 Å². The van der Waals surface area contributed by atoms with Gasteiger partial charge in [0.1, 0.15) is 11.6 Å². The van der Waals surface area contributed by atoms with Crippen LogP contribution >= 0.6 is 0 Å². The summed E-state index contributed by atoms with van der Waals surface area (Å²) < 4.78 is 13.2. The zero-order valence-corrected chi connectivity index (χ0v) is 11.3. The van der Waals surface area contributed by atoms with Crippen molar-refractivity contribution < 1.29 is 14.3 Å². The largest absolute Gasteiger partial charge is 0.507 e. The Hall–Kier alpha value is -1.58. The molecule has 1 aromatic carbocycles. The highest BCUT2D eigenvalue weighted by atomic mass is 19.1. The molecular formula is C14H20FNO2. The first-order chi connectivity index (χ1) is 8.32. The van der Waals surface area contributed by atoms with Crippen LogP contribution in [0.1, 0.15) is 38.1 Å². The zero-order chi connectivity index (χ0) is 13.9. The smallest absolute Gasteiger partial charge is 0.257 e. The Bertz CT molecular complexity index is 430. The molecule has 0 saturated heterocycles. The molecule has 1 rings (SSSR count). The molecule has 0 fully saturated rings. The van der Waals surface area contributed by atoms with Gasteiger partial charge in [-0.25, -0.2) is 4.39 Å². The molecule has 0 saturated carbocycles. The molecule has 3 nitrogen and oxygen atoms in total. The molecule has 0 unspecified atom stereocenters. The Labute approximate surface area is 107 Å². The first-order valence-corrected chi connectivity index (χ1v) is 6.12. The molecule has 0 radical (unpaired) electrons. The predicted octanol–water partition coefficient (Wildman–Crippen LogP) is 3.04. The second-order valence-corrected chi connectivity index (χ2v) is 5.11. The number of hydrogen-bond acceptors (Lipinski definition) is 2. The molecule has 18 heavy (non-hydrogen) atoms. The lowest BCUT2D eigenvalue weighted by Crippen LogP contribution is -2.39. The van der Waals surface area contributed by atoms with Crippen molar-refractivity contribution in [3.63, 3.8) is 0 Å². The minimum Gasteiger partial charge on any atom is -0.507 e. The number of nitrogens with zero attached hydrogens (tertiary/aromatic N) is 1. The molecule has 1 aromatic rings. The fourth-order valence-electron chi connectivity index (χ4n) is 1.76. The molecule has 4 heteroatoms. The van der Waals surface area contributed by atoms with Crippen LogP contribution in [0.2, 0.25) is 0 Å². The lowest BCUT2D eigenvalue weighted by molar-refractivity contribution is 0.0678. The first kappa shape index (κ1) is 14.5. The number of phenolic OH excluding ortho intramolecular Hbond substituents is 1. The van der Waals surface area contributed by atoms with Gasteiger partial charge in [-0.3, -0.25) is 4.79 Å². The summed E-state index contributed by atoms with van der Waals surface area (Å²) in [6.45, 7) is 8.39. The van der Waals surface area contributed by atoms with Gasteiger partial charge >= 0.3 is 0 Å². The molecule has 1 amide bonds. The summed E-state index contributed by atoms with van der Waals surface area (Å²) in [5.74, 6) is -0.733. The van der Waals surface area contributed by atoms with Crippen LogP contribution in [0.5, 0.6) is 5.75 Å². The first-order valence-electron chi connectivity index (χ1n) is 6.12. The van der Waals surface area contributed by atoms with Gasteiger partial charge in [0.05, 0.1) is 5.56 Å². The third kappa shape index (κ3) is 3.45. The van der Waals surface area contributed by atoms with Gasteiger partial charge in [0, 0.05) is 12.6 Å². The fraction of sp³-hybridized carbons (Fsp3) is 0.500. The van der Waals surface area contributed by atoms with E-state index in [2.05, 4.69) is 0 Å². The topological polar surface area (TPSA) is 40.5 Å². The molecule has 0 heterocycles. The standard InChI is InChI=1S/C14H20FNO2/c1-9(2)8-16(10(3)4)14(18)12-7-11(15)5-6-13(12)17/h5-7,9-10,17H,8H2,1-4H3. The van der Waals surface area contributed by atoms with Crippen molar-refractivity contribution in [1.29, 1.82) is 0 Å². The van der Waals surface area contributed by atoms with E-state index in [1.54, 1.807) is 4.90 Å². The number of benzene rings is 1. The Morgan fingerprint density at radius 1 is 1.33 bits per heavy atom. The van der Waals surface area contributed by atoms with E-state index in [0.717, 1.165) is 12.1 Å². The average Bonchev–Trinajstić information content (AvgIpc) is 2.27. The number of halogens is 1. The van der Waals surface area contributed by atoms with Crippen LogP contribution in [0.25, 0.3) is 0 Å². The van der Waals surface area contributed by atoms with Gasteiger partial charge in [0.25, 0.3) is 5.91 Å². The van der Waals surface area contributed by atoms with Crippen molar-refractivity contribution in [3.05, 3.63) is 29.6 Å². The highest BCUT2D eigenvalue weighted by Crippen LogP contribution is 2.21. The van der Waals surface area contributed by atoms with Crippen molar-refractivity contribution >= 4 is 5.91 Å². The van der Waals surface area contributed by atoms with Crippen LogP contribution in [-0.4, -0.2) is 28.5 Å². The van der Waals surface area contributed by atoms with E-state index in [1.807, 2.05) is 27.7 Å². The Balaban J connectivity index is 3.05. The number of carbonyl (C=O) groups is 1. The highest BCUT2D eigenvalue weighted by Gasteiger charge is 2.22. The van der Waals surface area contributed by atoms with Crippen molar-refractivity contribution in [2.75, 3.05) is 6.54 Å². The Kier molecular flexibility index (Phi) is 4.70. The quantitative estimate of drug-likeness (QED) is 0.896. The summed E-state index contributed by atoms with van der Waals surface area (Å²) in [6.07, 6.45) is 0. The summed E-state index contributed by atoms with van der Waals surface area (Å²) in [6, 6.07) is 3.42. The van der Waals surface area contributed by atoms with Gasteiger partial charge in [-0.05, 0) is 38.0 Å². The van der Waals surface area contributed by atoms with Crippen molar-refractivity contribution in [3.8, 4) is 5.75 Å². The molecule has 0 aliphatic rings. The van der Waals surface area contributed by atoms with Gasteiger partial charge in [-0.15, -0.1) is 0 Å². The monoisotopic (exact) mass is 253 g/mol. The van der Waals surface area contributed by atoms with E-state index in [0.29, 0.717) is 12.5 Å². The van der Waals surface area contributed by atoms with E-state index in [1.165, 1.54) is 6.07 Å². The SMILES string of the molecule is CC(C)CN(C(=O)c1cc(F)ccc1O)C(C)C. The minimum absolute atomic E-state index is 0.00238. The molecule has 0 spiro atoms. The summed E-state index contributed by atoms with van der Waals surface area (Å²) >= 11 is 0. The van der Waals surface area contributed by atoms with Crippen LogP contribution in [-0.2, 0) is 0 Å². The number of phenols is 1. The maximum absolute atomic E-state index is 13.2. The van der Waals surface area contributed by atoms with E-state index in [9.17, 15) is 14.3 Å². The second-order valence-electron chi connectivity index (χ2n) is 5.11. The van der Waals surface area contributed by atoms with Crippen molar-refractivity contribution in [2.45, 2.75) is 33.7 Å². The van der Waals surface area contributed by atoms with Gasteiger partial charge in [0.15, 0.2) is 0 Å². The lowest BCUT2D eigenvalue weighted by atomic mass is 10.1. The molecule has 0 bridgehead atoms. The number of aromatic hydroxyl groups is 1. The third-order valence-electron chi connectivity index (χ3n) is 2.64. The molecule has 0 atom stereocenters. The van der Waals surface area contributed by atoms with E-state index < -0.39 is 5.82 Å². The fourth-order valence-corrected chi connectivity index (χ4v) is 1.76. The van der Waals surface area contributed by atoms with E-state index in [4.69, 9.17) is 0 Å². The Morgan fingerprint density at radius 2 is 1.94 bits per heavy atom. The highest BCUT2D eigenvalue weighted by molar-refractivity contribution is 5.97. The number of hydrogen-bond donors (Lipinski definition) is 1. The molecule has 100 valence electrons. The van der Waals surface area contributed by atoms with Gasteiger partial charge in [-0.2, -0.15) is 0 Å². The molecule has 0 aliphatic carbocycles. The zero-order valence-electron chi connectivity index (χ0n) is 11.3. The maximum Gasteiger partial charge on any atom is 0.257 e. The predicted molar refractivity (Wildman–Crippen MR) is 69.1 cm³/mol. The number of carbonyl (C=O) groups excluding carboxylic acids is 1. The molecular weight excluding hydrogens is 233 g/mol. The van der Waals surface area contributed by atoms with Gasteiger partial charge in [0.2, 0.25) is 0 Å². The maximum atomic E-state index is 13.2. The minimum atomic E-state index is -0.524. The number of rotatable bonds is 4. The van der Waals surface area contributed by atoms with Crippen molar-refractivity contribution in [2.24, 2.45) is 5.92 Å². The third-order valence-corrected chi connectivity index (χ3v) is 2.64. The molecule has 1 N–H and O–H groups in total. The lowest BCUT2D eigenvalue weighted by Gasteiger charge is -2.28. The van der Waals surface area contributed by atoms with Gasteiger partial charge in [-0.1, -0.05) is 13.8 Å². The van der Waals surface area contributed by atoms with Crippen LogP contribution in [0.4, 0.5) is 4.39 Å². The summed E-state index contributed by atoms with van der Waals surface area (Å²) in [5.41, 5.74) is 0.0179. The Morgan fingerprint density at radius 3 is 2.44 bits per heavy atom. The normalized spacial score (nSPS) is 11.1. The summed E-state index contributed by atoms with van der Waals surface area (Å²) in [5, 5.41) is 9.66. The second kappa shape index (κ2) is 5.85. The van der Waals surface area contributed by atoms with Crippen LogP contribution < -0.4 is 0 Å². The van der Waals surface area contributed by atoms with Crippen molar-refractivity contribution in [1.82, 2.24) is 4.90 Å². The summed E-state index contributed by atoms with van der Waals surface area (Å²) in [7, 11) is 0. The summed E-state index contributed by atoms with van der Waals surface area (Å²) in [4.78, 5) is 13.9. The average molecular weight is 253 g/mol. The molecule has 0 aliphatic heterocycles. The van der Waals surface area contributed by atoms with Crippen LogP contribution in [0.15, 0.2) is 18.2 Å².